The summed E-state index contributed by atoms with van der Waals surface area (Å²) in [6, 6.07) is 5.01. The van der Waals surface area contributed by atoms with Crippen LogP contribution < -0.4 is 11.1 Å². The Hall–Kier alpha value is -1.12. The molecule has 0 saturated carbocycles. The maximum absolute atomic E-state index is 11.9. The summed E-state index contributed by atoms with van der Waals surface area (Å²) in [7, 11) is 0. The SMILES string of the molecule is NCc1ccc(C(O)CCNC(=O)C(F)(F)F)cc1Br. The number of nitrogens with two attached hydrogens (primary N) is 1. The van der Waals surface area contributed by atoms with Crippen molar-refractivity contribution in [3.8, 4) is 0 Å². The van der Waals surface area contributed by atoms with Crippen LogP contribution in [0.15, 0.2) is 22.7 Å². The summed E-state index contributed by atoms with van der Waals surface area (Å²) >= 11 is 3.28. The molecule has 1 amide bonds. The highest BCUT2D eigenvalue weighted by molar-refractivity contribution is 9.10. The molecule has 0 saturated heterocycles. The lowest BCUT2D eigenvalue weighted by molar-refractivity contribution is -0.173. The van der Waals surface area contributed by atoms with Gasteiger partial charge >= 0.3 is 12.1 Å². The van der Waals surface area contributed by atoms with Crippen molar-refractivity contribution in [2.45, 2.75) is 25.2 Å². The van der Waals surface area contributed by atoms with E-state index in [1.807, 2.05) is 0 Å². The number of alkyl halides is 3. The van der Waals surface area contributed by atoms with Crippen molar-refractivity contribution < 1.29 is 23.1 Å². The van der Waals surface area contributed by atoms with Gasteiger partial charge in [0.05, 0.1) is 6.10 Å². The Morgan fingerprint density at radius 3 is 2.60 bits per heavy atom. The Balaban J connectivity index is 2.53. The molecule has 8 heteroatoms. The molecule has 4 N–H and O–H groups in total. The Kier molecular flexibility index (Phi) is 5.97. The van der Waals surface area contributed by atoms with Crippen LogP contribution in [-0.4, -0.2) is 23.7 Å². The molecule has 112 valence electrons. The molecule has 0 radical (unpaired) electrons. The third kappa shape index (κ3) is 4.77. The van der Waals surface area contributed by atoms with Crippen LogP contribution in [0.5, 0.6) is 0 Å². The van der Waals surface area contributed by atoms with E-state index < -0.39 is 18.2 Å². The minimum Gasteiger partial charge on any atom is -0.388 e. The van der Waals surface area contributed by atoms with E-state index in [2.05, 4.69) is 15.9 Å². The van der Waals surface area contributed by atoms with Crippen LogP contribution in [-0.2, 0) is 11.3 Å². The summed E-state index contributed by atoms with van der Waals surface area (Å²) in [5.41, 5.74) is 6.87. The van der Waals surface area contributed by atoms with E-state index in [1.54, 1.807) is 23.5 Å². The van der Waals surface area contributed by atoms with E-state index in [4.69, 9.17) is 5.73 Å². The molecule has 0 heterocycles. The van der Waals surface area contributed by atoms with Gasteiger partial charge in [0.1, 0.15) is 0 Å². The van der Waals surface area contributed by atoms with Gasteiger partial charge in [-0.15, -0.1) is 0 Å². The van der Waals surface area contributed by atoms with Crippen molar-refractivity contribution in [3.05, 3.63) is 33.8 Å². The first-order chi connectivity index (χ1) is 9.25. The number of rotatable bonds is 5. The van der Waals surface area contributed by atoms with Crippen LogP contribution in [0.2, 0.25) is 0 Å². The summed E-state index contributed by atoms with van der Waals surface area (Å²) in [5, 5.41) is 11.5. The normalized spacial score (nSPS) is 13.1. The third-order valence-electron chi connectivity index (χ3n) is 2.64. The Morgan fingerprint density at radius 1 is 1.45 bits per heavy atom. The molecule has 1 atom stereocenters. The van der Waals surface area contributed by atoms with Crippen LogP contribution in [0, 0.1) is 0 Å². The second kappa shape index (κ2) is 7.05. The van der Waals surface area contributed by atoms with Gasteiger partial charge in [0.2, 0.25) is 0 Å². The Labute approximate surface area is 122 Å². The molecule has 1 unspecified atom stereocenters. The third-order valence-corrected chi connectivity index (χ3v) is 3.38. The van der Waals surface area contributed by atoms with Gasteiger partial charge in [-0.05, 0) is 23.6 Å². The minimum absolute atomic E-state index is 0.0176. The molecule has 4 nitrogen and oxygen atoms in total. The average Bonchev–Trinajstić information content (AvgIpc) is 2.37. The molecule has 0 aliphatic heterocycles. The number of amides is 1. The topological polar surface area (TPSA) is 75.3 Å². The van der Waals surface area contributed by atoms with Gasteiger partial charge < -0.3 is 16.2 Å². The second-order valence-corrected chi connectivity index (χ2v) is 4.97. The van der Waals surface area contributed by atoms with Gasteiger partial charge in [-0.25, -0.2) is 0 Å². The lowest BCUT2D eigenvalue weighted by Crippen LogP contribution is -2.37. The number of halogens is 4. The van der Waals surface area contributed by atoms with E-state index in [0.717, 1.165) is 10.0 Å². The van der Waals surface area contributed by atoms with Crippen molar-refractivity contribution in [2.24, 2.45) is 5.73 Å². The highest BCUT2D eigenvalue weighted by Crippen LogP contribution is 2.24. The lowest BCUT2D eigenvalue weighted by atomic mass is 10.0. The Morgan fingerprint density at radius 2 is 2.10 bits per heavy atom. The van der Waals surface area contributed by atoms with Crippen molar-refractivity contribution in [3.63, 3.8) is 0 Å². The zero-order valence-electron chi connectivity index (χ0n) is 10.4. The number of nitrogens with one attached hydrogen (secondary N) is 1. The van der Waals surface area contributed by atoms with Gasteiger partial charge in [0, 0.05) is 17.6 Å². The molecule has 1 aromatic rings. The molecule has 20 heavy (non-hydrogen) atoms. The van der Waals surface area contributed by atoms with Crippen LogP contribution in [0.25, 0.3) is 0 Å². The van der Waals surface area contributed by atoms with Crippen LogP contribution in [0.3, 0.4) is 0 Å². The lowest BCUT2D eigenvalue weighted by Gasteiger charge is -2.14. The molecule has 0 spiro atoms. The van der Waals surface area contributed by atoms with Gasteiger partial charge in [0.25, 0.3) is 0 Å². The summed E-state index contributed by atoms with van der Waals surface area (Å²) in [6.45, 7) is 0.0639. The number of aliphatic hydroxyl groups is 1. The molecule has 1 aromatic carbocycles. The molecule has 0 fully saturated rings. The van der Waals surface area contributed by atoms with Gasteiger partial charge in [-0.1, -0.05) is 28.1 Å². The van der Waals surface area contributed by atoms with Crippen LogP contribution in [0.1, 0.15) is 23.7 Å². The largest absolute Gasteiger partial charge is 0.471 e. The van der Waals surface area contributed by atoms with Crippen LogP contribution in [0.4, 0.5) is 13.2 Å². The van der Waals surface area contributed by atoms with E-state index in [9.17, 15) is 23.1 Å². The predicted molar refractivity (Wildman–Crippen MR) is 70.7 cm³/mol. The quantitative estimate of drug-likeness (QED) is 0.757. The Bertz CT molecular complexity index is 480. The maximum Gasteiger partial charge on any atom is 0.471 e. The molecular weight excluding hydrogens is 341 g/mol. The van der Waals surface area contributed by atoms with Gasteiger partial charge in [-0.2, -0.15) is 13.2 Å². The van der Waals surface area contributed by atoms with E-state index in [0.29, 0.717) is 12.1 Å². The zero-order chi connectivity index (χ0) is 15.3. The number of benzene rings is 1. The molecule has 0 aliphatic carbocycles. The molecule has 1 rings (SSSR count). The first-order valence-electron chi connectivity index (χ1n) is 5.77. The summed E-state index contributed by atoms with van der Waals surface area (Å²) in [4.78, 5) is 10.6. The number of carbonyl (C=O) groups excluding carboxylic acids is 1. The molecule has 0 bridgehead atoms. The first kappa shape index (κ1) is 16.9. The zero-order valence-corrected chi connectivity index (χ0v) is 12.0. The fourth-order valence-corrected chi connectivity index (χ4v) is 2.08. The summed E-state index contributed by atoms with van der Waals surface area (Å²) in [6.07, 6.45) is -5.89. The second-order valence-electron chi connectivity index (χ2n) is 4.11. The predicted octanol–water partition coefficient (Wildman–Crippen LogP) is 2.01. The van der Waals surface area contributed by atoms with Crippen molar-refractivity contribution in [2.75, 3.05) is 6.54 Å². The fourth-order valence-electron chi connectivity index (χ4n) is 1.53. The summed E-state index contributed by atoms with van der Waals surface area (Å²) < 4.78 is 36.5. The maximum atomic E-state index is 11.9. The van der Waals surface area contributed by atoms with E-state index >= 15 is 0 Å². The highest BCUT2D eigenvalue weighted by Gasteiger charge is 2.38. The number of aliphatic hydroxyl groups excluding tert-OH is 1. The standard InChI is InChI=1S/C12H14BrF3N2O2/c13-9-5-7(1-2-8(9)6-17)10(19)3-4-18-11(20)12(14,15)16/h1-2,5,10,19H,3-4,6,17H2,(H,18,20). The van der Waals surface area contributed by atoms with Crippen molar-refractivity contribution in [1.29, 1.82) is 0 Å². The van der Waals surface area contributed by atoms with E-state index in [1.165, 1.54) is 0 Å². The summed E-state index contributed by atoms with van der Waals surface area (Å²) in [5.74, 6) is -2.01. The molecule has 0 aliphatic rings. The average molecular weight is 355 g/mol. The number of carbonyl (C=O) groups is 1. The van der Waals surface area contributed by atoms with Gasteiger partial charge in [0.15, 0.2) is 0 Å². The highest BCUT2D eigenvalue weighted by atomic mass is 79.9. The number of hydrogen-bond donors (Lipinski definition) is 3. The van der Waals surface area contributed by atoms with Crippen molar-refractivity contribution >= 4 is 21.8 Å². The minimum atomic E-state index is -4.91. The fraction of sp³-hybridized carbons (Fsp3) is 0.417. The monoisotopic (exact) mass is 354 g/mol. The first-order valence-corrected chi connectivity index (χ1v) is 6.56. The van der Waals surface area contributed by atoms with E-state index in [-0.39, 0.29) is 13.0 Å². The van der Waals surface area contributed by atoms with Crippen molar-refractivity contribution in [1.82, 2.24) is 5.32 Å². The van der Waals surface area contributed by atoms with Gasteiger partial charge in [-0.3, -0.25) is 4.79 Å². The number of hydrogen-bond acceptors (Lipinski definition) is 3. The molecule has 0 aromatic heterocycles. The smallest absolute Gasteiger partial charge is 0.388 e. The van der Waals surface area contributed by atoms with Crippen LogP contribution >= 0.6 is 15.9 Å². The molecular formula is C12H14BrF3N2O2.